The van der Waals surface area contributed by atoms with E-state index < -0.39 is 29.5 Å². The van der Waals surface area contributed by atoms with Crippen LogP contribution in [0.3, 0.4) is 0 Å². The zero-order valence-electron chi connectivity index (χ0n) is 9.75. The van der Waals surface area contributed by atoms with E-state index in [4.69, 9.17) is 4.74 Å². The van der Waals surface area contributed by atoms with E-state index >= 15 is 0 Å². The summed E-state index contributed by atoms with van der Waals surface area (Å²) in [6.07, 6.45) is -4.92. The standard InChI is InChI=1S/C13H7F5O2/c14-8-4-3-7-11(12(8)15)19-9-5-1-2-6-10(9)20-13(16,17)18/h1-7H. The fourth-order valence-electron chi connectivity index (χ4n) is 1.42. The molecule has 0 aliphatic carbocycles. The van der Waals surface area contributed by atoms with Gasteiger partial charge in [0.2, 0.25) is 5.82 Å². The monoisotopic (exact) mass is 290 g/mol. The molecule has 0 saturated carbocycles. The lowest BCUT2D eigenvalue weighted by Gasteiger charge is -2.14. The fraction of sp³-hybridized carbons (Fsp3) is 0.0769. The molecule has 7 heteroatoms. The molecule has 0 aromatic heterocycles. The van der Waals surface area contributed by atoms with Crippen molar-refractivity contribution >= 4 is 0 Å². The molecule has 20 heavy (non-hydrogen) atoms. The van der Waals surface area contributed by atoms with Crippen molar-refractivity contribution in [3.8, 4) is 17.2 Å². The maximum absolute atomic E-state index is 13.4. The predicted octanol–water partition coefficient (Wildman–Crippen LogP) is 4.66. The van der Waals surface area contributed by atoms with Gasteiger partial charge in [-0.15, -0.1) is 13.2 Å². The number of alkyl halides is 3. The Morgan fingerprint density at radius 3 is 2.00 bits per heavy atom. The van der Waals surface area contributed by atoms with Crippen molar-refractivity contribution in [2.45, 2.75) is 6.36 Å². The zero-order valence-corrected chi connectivity index (χ0v) is 9.75. The first-order valence-electron chi connectivity index (χ1n) is 5.33. The van der Waals surface area contributed by atoms with Gasteiger partial charge in [0, 0.05) is 0 Å². The van der Waals surface area contributed by atoms with E-state index in [0.717, 1.165) is 24.3 Å². The van der Waals surface area contributed by atoms with Crippen molar-refractivity contribution in [1.29, 1.82) is 0 Å². The Balaban J connectivity index is 2.32. The van der Waals surface area contributed by atoms with Crippen LogP contribution >= 0.6 is 0 Å². The lowest BCUT2D eigenvalue weighted by Crippen LogP contribution is -2.17. The number of benzene rings is 2. The van der Waals surface area contributed by atoms with Crippen LogP contribution in [0.2, 0.25) is 0 Å². The molecule has 0 spiro atoms. The summed E-state index contributed by atoms with van der Waals surface area (Å²) in [6, 6.07) is 7.92. The molecule has 0 fully saturated rings. The number of ether oxygens (including phenoxy) is 2. The van der Waals surface area contributed by atoms with Gasteiger partial charge in [-0.1, -0.05) is 18.2 Å². The van der Waals surface area contributed by atoms with Crippen LogP contribution in [0.15, 0.2) is 42.5 Å². The van der Waals surface area contributed by atoms with E-state index in [2.05, 4.69) is 4.74 Å². The van der Waals surface area contributed by atoms with Crippen molar-refractivity contribution in [2.75, 3.05) is 0 Å². The Morgan fingerprint density at radius 1 is 0.750 bits per heavy atom. The highest BCUT2D eigenvalue weighted by Gasteiger charge is 2.32. The van der Waals surface area contributed by atoms with Crippen LogP contribution in [0.4, 0.5) is 22.0 Å². The topological polar surface area (TPSA) is 18.5 Å². The molecule has 0 unspecified atom stereocenters. The van der Waals surface area contributed by atoms with Crippen molar-refractivity contribution in [1.82, 2.24) is 0 Å². The summed E-state index contributed by atoms with van der Waals surface area (Å²) in [5.41, 5.74) is 0. The third-order valence-corrected chi connectivity index (χ3v) is 2.21. The Kier molecular flexibility index (Phi) is 3.78. The summed E-state index contributed by atoms with van der Waals surface area (Å²) in [6.45, 7) is 0. The van der Waals surface area contributed by atoms with Crippen LogP contribution in [0.1, 0.15) is 0 Å². The minimum Gasteiger partial charge on any atom is -0.450 e. The van der Waals surface area contributed by atoms with Crippen LogP contribution in [0, 0.1) is 11.6 Å². The van der Waals surface area contributed by atoms with E-state index in [1.54, 1.807) is 0 Å². The van der Waals surface area contributed by atoms with Crippen LogP contribution < -0.4 is 9.47 Å². The van der Waals surface area contributed by atoms with Gasteiger partial charge in [0.05, 0.1) is 0 Å². The Morgan fingerprint density at radius 2 is 1.35 bits per heavy atom. The van der Waals surface area contributed by atoms with Gasteiger partial charge in [0.25, 0.3) is 0 Å². The lowest BCUT2D eigenvalue weighted by atomic mass is 10.3. The van der Waals surface area contributed by atoms with E-state index in [-0.39, 0.29) is 5.75 Å². The van der Waals surface area contributed by atoms with E-state index in [9.17, 15) is 22.0 Å². The van der Waals surface area contributed by atoms with Gasteiger partial charge < -0.3 is 9.47 Å². The second-order valence-corrected chi connectivity index (χ2v) is 3.65. The van der Waals surface area contributed by atoms with Gasteiger partial charge in [-0.05, 0) is 24.3 Å². The third kappa shape index (κ3) is 3.37. The summed E-state index contributed by atoms with van der Waals surface area (Å²) in [5, 5.41) is 0. The molecule has 0 N–H and O–H groups in total. The second kappa shape index (κ2) is 5.36. The molecule has 0 saturated heterocycles. The summed E-state index contributed by atoms with van der Waals surface area (Å²) in [5.74, 6) is -4.03. The molecule has 0 atom stereocenters. The third-order valence-electron chi connectivity index (χ3n) is 2.21. The number of hydrogen-bond donors (Lipinski definition) is 0. The SMILES string of the molecule is Fc1cccc(Oc2ccccc2OC(F)(F)F)c1F. The number of para-hydroxylation sites is 2. The molecule has 0 bridgehead atoms. The largest absolute Gasteiger partial charge is 0.573 e. The summed E-state index contributed by atoms with van der Waals surface area (Å²) in [7, 11) is 0. The molecule has 0 amide bonds. The molecule has 2 nitrogen and oxygen atoms in total. The van der Waals surface area contributed by atoms with Gasteiger partial charge in [-0.3, -0.25) is 0 Å². The van der Waals surface area contributed by atoms with Crippen LogP contribution in [-0.4, -0.2) is 6.36 Å². The fourth-order valence-corrected chi connectivity index (χ4v) is 1.42. The quantitative estimate of drug-likeness (QED) is 0.766. The predicted molar refractivity (Wildman–Crippen MR) is 59.6 cm³/mol. The molecular formula is C13H7F5O2. The number of rotatable bonds is 3. The Bertz CT molecular complexity index is 610. The average molecular weight is 290 g/mol. The minimum atomic E-state index is -4.92. The first-order valence-corrected chi connectivity index (χ1v) is 5.33. The first-order chi connectivity index (χ1) is 9.37. The zero-order chi connectivity index (χ0) is 14.8. The normalized spacial score (nSPS) is 11.2. The highest BCUT2D eigenvalue weighted by molar-refractivity contribution is 5.43. The summed E-state index contributed by atoms with van der Waals surface area (Å²) in [4.78, 5) is 0. The van der Waals surface area contributed by atoms with E-state index in [0.29, 0.717) is 0 Å². The minimum absolute atomic E-state index is 0.380. The molecule has 0 aliphatic heterocycles. The Labute approximate surface area is 110 Å². The number of halogens is 5. The molecule has 2 rings (SSSR count). The van der Waals surface area contributed by atoms with Crippen molar-refractivity contribution < 1.29 is 31.4 Å². The summed E-state index contributed by atoms with van der Waals surface area (Å²) < 4.78 is 71.6. The molecule has 106 valence electrons. The highest BCUT2D eigenvalue weighted by Crippen LogP contribution is 2.35. The van der Waals surface area contributed by atoms with Gasteiger partial charge >= 0.3 is 6.36 Å². The first kappa shape index (κ1) is 14.1. The van der Waals surface area contributed by atoms with Crippen LogP contribution in [0.5, 0.6) is 17.2 Å². The molecule has 0 radical (unpaired) electrons. The van der Waals surface area contributed by atoms with E-state index in [1.807, 2.05) is 0 Å². The molecule has 2 aromatic carbocycles. The molecule has 2 aromatic rings. The van der Waals surface area contributed by atoms with E-state index in [1.165, 1.54) is 18.2 Å². The van der Waals surface area contributed by atoms with Gasteiger partial charge in [-0.25, -0.2) is 4.39 Å². The molecule has 0 aliphatic rings. The van der Waals surface area contributed by atoms with Crippen LogP contribution in [0.25, 0.3) is 0 Å². The smallest absolute Gasteiger partial charge is 0.450 e. The van der Waals surface area contributed by atoms with Crippen LogP contribution in [-0.2, 0) is 0 Å². The summed E-state index contributed by atoms with van der Waals surface area (Å²) >= 11 is 0. The number of hydrogen-bond acceptors (Lipinski definition) is 2. The highest BCUT2D eigenvalue weighted by atomic mass is 19.4. The van der Waals surface area contributed by atoms with Crippen molar-refractivity contribution in [3.05, 3.63) is 54.1 Å². The lowest BCUT2D eigenvalue weighted by molar-refractivity contribution is -0.275. The Hall–Kier alpha value is -2.31. The van der Waals surface area contributed by atoms with Gasteiger partial charge in [0.15, 0.2) is 23.1 Å². The molecular weight excluding hydrogens is 283 g/mol. The van der Waals surface area contributed by atoms with Crippen molar-refractivity contribution in [2.24, 2.45) is 0 Å². The average Bonchev–Trinajstić information content (AvgIpc) is 2.35. The maximum Gasteiger partial charge on any atom is 0.573 e. The second-order valence-electron chi connectivity index (χ2n) is 3.65. The van der Waals surface area contributed by atoms with Gasteiger partial charge in [0.1, 0.15) is 0 Å². The molecule has 0 heterocycles. The van der Waals surface area contributed by atoms with Crippen molar-refractivity contribution in [3.63, 3.8) is 0 Å². The van der Waals surface area contributed by atoms with Gasteiger partial charge in [-0.2, -0.15) is 4.39 Å². The maximum atomic E-state index is 13.4.